The quantitative estimate of drug-likeness (QED) is 0.704. The third-order valence-electron chi connectivity index (χ3n) is 2.60. The Balaban J connectivity index is 2.23. The lowest BCUT2D eigenvalue weighted by atomic mass is 10.0. The normalized spacial score (nSPS) is 15.6. The van der Waals surface area contributed by atoms with Crippen molar-refractivity contribution in [2.45, 2.75) is 32.1 Å². The number of rotatable bonds is 4. The third-order valence-corrected chi connectivity index (χ3v) is 2.60. The molecule has 0 atom stereocenters. The largest absolute Gasteiger partial charge is 0.493 e. The zero-order chi connectivity index (χ0) is 9.97. The van der Waals surface area contributed by atoms with Crippen molar-refractivity contribution in [2.75, 3.05) is 6.61 Å². The third kappa shape index (κ3) is 1.92. The van der Waals surface area contributed by atoms with E-state index in [9.17, 15) is 0 Å². The molecule has 2 rings (SSSR count). The molecule has 0 aliphatic heterocycles. The van der Waals surface area contributed by atoms with Gasteiger partial charge in [0, 0.05) is 5.56 Å². The first-order valence-electron chi connectivity index (χ1n) is 5.40. The zero-order valence-electron chi connectivity index (χ0n) is 8.75. The van der Waals surface area contributed by atoms with Crippen molar-refractivity contribution in [1.29, 1.82) is 0 Å². The van der Waals surface area contributed by atoms with Gasteiger partial charge in [-0.15, -0.1) is 0 Å². The average Bonchev–Trinajstić information content (AvgIpc) is 2.98. The van der Waals surface area contributed by atoms with Gasteiger partial charge in [-0.05, 0) is 43.7 Å². The molecule has 1 aromatic rings. The first kappa shape index (κ1) is 9.57. The molecule has 1 aromatic carbocycles. The molecule has 1 heteroatoms. The van der Waals surface area contributed by atoms with Crippen molar-refractivity contribution in [3.63, 3.8) is 0 Å². The number of hydrogen-bond acceptors (Lipinski definition) is 1. The summed E-state index contributed by atoms with van der Waals surface area (Å²) in [7, 11) is 0. The van der Waals surface area contributed by atoms with Gasteiger partial charge in [-0.3, -0.25) is 0 Å². The van der Waals surface area contributed by atoms with E-state index in [1.807, 2.05) is 6.07 Å². The smallest absolute Gasteiger partial charge is 0.123 e. The van der Waals surface area contributed by atoms with Gasteiger partial charge < -0.3 is 4.74 Å². The lowest BCUT2D eigenvalue weighted by Crippen LogP contribution is -1.99. The van der Waals surface area contributed by atoms with E-state index >= 15 is 0 Å². The lowest BCUT2D eigenvalue weighted by molar-refractivity contribution is 0.314. The first-order chi connectivity index (χ1) is 6.83. The molecule has 0 amide bonds. The van der Waals surface area contributed by atoms with Crippen LogP contribution in [0.1, 0.15) is 43.2 Å². The summed E-state index contributed by atoms with van der Waals surface area (Å²) < 4.78 is 5.73. The summed E-state index contributed by atoms with van der Waals surface area (Å²) in [5, 5.41) is 0. The van der Waals surface area contributed by atoms with Crippen LogP contribution in [-0.2, 0) is 0 Å². The second-order valence-electron chi connectivity index (χ2n) is 3.95. The summed E-state index contributed by atoms with van der Waals surface area (Å²) in [6, 6.07) is 6.17. The Labute approximate surface area is 86.1 Å². The van der Waals surface area contributed by atoms with Gasteiger partial charge >= 0.3 is 0 Å². The van der Waals surface area contributed by atoms with Crippen LogP contribution in [0.25, 0.3) is 0 Å². The molecular weight excluding hydrogens is 172 g/mol. The Morgan fingerprint density at radius 3 is 2.86 bits per heavy atom. The van der Waals surface area contributed by atoms with Crippen LogP contribution < -0.4 is 4.74 Å². The zero-order valence-corrected chi connectivity index (χ0v) is 8.75. The van der Waals surface area contributed by atoms with Gasteiger partial charge in [-0.1, -0.05) is 19.1 Å². The van der Waals surface area contributed by atoms with Crippen LogP contribution in [-0.4, -0.2) is 6.61 Å². The maximum atomic E-state index is 5.73. The van der Waals surface area contributed by atoms with E-state index in [-0.39, 0.29) is 0 Å². The van der Waals surface area contributed by atoms with Gasteiger partial charge in [-0.25, -0.2) is 0 Å². The molecule has 1 aliphatic carbocycles. The fraction of sp³-hybridized carbons (Fsp3) is 0.462. The Bertz CT molecular complexity index is 313. The second kappa shape index (κ2) is 4.04. The maximum absolute atomic E-state index is 5.73. The van der Waals surface area contributed by atoms with Crippen molar-refractivity contribution in [1.82, 2.24) is 0 Å². The Kier molecular flexibility index (Phi) is 2.76. The minimum absolute atomic E-state index is 0.718. The molecule has 0 bridgehead atoms. The molecule has 1 fully saturated rings. The standard InChI is InChI=1S/C13H17O/c1-3-9-14-12-6-4-5-10(2)13(12)11-7-8-11/h4-6,11H,2-3,7-9H2,1H3. The molecule has 75 valence electrons. The van der Waals surface area contributed by atoms with Gasteiger partial charge in [-0.2, -0.15) is 0 Å². The summed E-state index contributed by atoms with van der Waals surface area (Å²) in [5.74, 6) is 1.78. The highest BCUT2D eigenvalue weighted by Crippen LogP contribution is 2.45. The molecule has 0 N–H and O–H groups in total. The number of hydrogen-bond donors (Lipinski definition) is 0. The fourth-order valence-corrected chi connectivity index (χ4v) is 1.76. The van der Waals surface area contributed by atoms with E-state index in [1.54, 1.807) is 0 Å². The van der Waals surface area contributed by atoms with Crippen LogP contribution in [0.15, 0.2) is 18.2 Å². The van der Waals surface area contributed by atoms with Crippen molar-refractivity contribution in [3.05, 3.63) is 36.2 Å². The molecule has 1 nitrogen and oxygen atoms in total. The summed E-state index contributed by atoms with van der Waals surface area (Å²) in [5.41, 5.74) is 2.49. The van der Waals surface area contributed by atoms with E-state index in [0.717, 1.165) is 30.3 Å². The van der Waals surface area contributed by atoms with E-state index in [4.69, 9.17) is 4.74 Å². The Morgan fingerprint density at radius 1 is 1.43 bits per heavy atom. The molecule has 0 heterocycles. The second-order valence-corrected chi connectivity index (χ2v) is 3.95. The topological polar surface area (TPSA) is 9.23 Å². The highest BCUT2D eigenvalue weighted by molar-refractivity contribution is 5.46. The van der Waals surface area contributed by atoms with E-state index in [2.05, 4.69) is 26.0 Å². The molecule has 0 spiro atoms. The minimum Gasteiger partial charge on any atom is -0.493 e. The molecule has 1 saturated carbocycles. The highest BCUT2D eigenvalue weighted by Gasteiger charge is 2.28. The van der Waals surface area contributed by atoms with Crippen LogP contribution in [0.3, 0.4) is 0 Å². The fourth-order valence-electron chi connectivity index (χ4n) is 1.76. The van der Waals surface area contributed by atoms with Gasteiger partial charge in [0.25, 0.3) is 0 Å². The molecule has 0 aromatic heterocycles. The van der Waals surface area contributed by atoms with E-state index in [0.29, 0.717) is 0 Å². The Morgan fingerprint density at radius 2 is 2.21 bits per heavy atom. The minimum atomic E-state index is 0.718. The summed E-state index contributed by atoms with van der Waals surface area (Å²) in [6.07, 6.45) is 3.66. The highest BCUT2D eigenvalue weighted by atomic mass is 16.5. The molecule has 14 heavy (non-hydrogen) atoms. The SMILES string of the molecule is [CH2]c1cccc(OCCC)c1C1CC1. The molecule has 1 radical (unpaired) electrons. The van der Waals surface area contributed by atoms with Crippen molar-refractivity contribution in [2.24, 2.45) is 0 Å². The summed E-state index contributed by atoms with van der Waals surface area (Å²) in [6.45, 7) is 7.01. The van der Waals surface area contributed by atoms with Crippen molar-refractivity contribution < 1.29 is 4.74 Å². The summed E-state index contributed by atoms with van der Waals surface area (Å²) >= 11 is 0. The predicted octanol–water partition coefficient (Wildman–Crippen LogP) is 3.53. The van der Waals surface area contributed by atoms with Crippen molar-refractivity contribution in [3.8, 4) is 5.75 Å². The van der Waals surface area contributed by atoms with Gasteiger partial charge in [0.05, 0.1) is 6.61 Å². The van der Waals surface area contributed by atoms with Gasteiger partial charge in [0.2, 0.25) is 0 Å². The summed E-state index contributed by atoms with van der Waals surface area (Å²) in [4.78, 5) is 0. The van der Waals surface area contributed by atoms with E-state index < -0.39 is 0 Å². The molecular formula is C13H17O. The van der Waals surface area contributed by atoms with Crippen LogP contribution in [0, 0.1) is 6.92 Å². The maximum Gasteiger partial charge on any atom is 0.123 e. The van der Waals surface area contributed by atoms with Gasteiger partial charge in [0.15, 0.2) is 0 Å². The number of benzene rings is 1. The molecule has 1 aliphatic rings. The molecule has 0 unspecified atom stereocenters. The van der Waals surface area contributed by atoms with Crippen LogP contribution in [0.5, 0.6) is 5.75 Å². The van der Waals surface area contributed by atoms with Gasteiger partial charge in [0.1, 0.15) is 5.75 Å². The Hall–Kier alpha value is -0.980. The van der Waals surface area contributed by atoms with Crippen LogP contribution in [0.4, 0.5) is 0 Å². The predicted molar refractivity (Wildman–Crippen MR) is 58.7 cm³/mol. The first-order valence-corrected chi connectivity index (χ1v) is 5.40. The van der Waals surface area contributed by atoms with Crippen LogP contribution >= 0.6 is 0 Å². The molecule has 0 saturated heterocycles. The monoisotopic (exact) mass is 189 g/mol. The van der Waals surface area contributed by atoms with E-state index in [1.165, 1.54) is 18.4 Å². The van der Waals surface area contributed by atoms with Crippen molar-refractivity contribution >= 4 is 0 Å². The lowest BCUT2D eigenvalue weighted by Gasteiger charge is -2.12. The van der Waals surface area contributed by atoms with Crippen LogP contribution in [0.2, 0.25) is 0 Å². The average molecular weight is 189 g/mol. The number of ether oxygens (including phenoxy) is 1.